The molecule has 1 aliphatic heterocycles. The molecule has 0 atom stereocenters. The van der Waals surface area contributed by atoms with Gasteiger partial charge in [-0.2, -0.15) is 18.2 Å². The maximum atomic E-state index is 13.2. The number of ether oxygens (including phenoxy) is 1. The number of carbonyl (C=O) groups excluding carboxylic acids is 2. The van der Waals surface area contributed by atoms with Crippen molar-refractivity contribution in [1.29, 1.82) is 0 Å². The van der Waals surface area contributed by atoms with Crippen molar-refractivity contribution in [1.82, 2.24) is 14.9 Å². The lowest BCUT2D eigenvalue weighted by molar-refractivity contribution is -0.137. The number of aryl methyl sites for hydroxylation is 2. The fraction of sp³-hybridized carbons (Fsp3) is 0.294. The van der Waals surface area contributed by atoms with E-state index >= 15 is 0 Å². The Morgan fingerprint density at radius 3 is 2.36 bits per heavy atom. The van der Waals surface area contributed by atoms with Crippen molar-refractivity contribution in [2.24, 2.45) is 0 Å². The number of morpholine rings is 1. The van der Waals surface area contributed by atoms with Gasteiger partial charge in [0.25, 0.3) is 5.91 Å². The molecule has 234 valence electrons. The topological polar surface area (TPSA) is 87.7 Å². The normalized spacial score (nSPS) is 13.4. The zero-order chi connectivity index (χ0) is 32.1. The molecule has 2 heterocycles. The summed E-state index contributed by atoms with van der Waals surface area (Å²) < 4.78 is 44.9. The van der Waals surface area contributed by atoms with E-state index in [1.807, 2.05) is 55.3 Å². The van der Waals surface area contributed by atoms with Gasteiger partial charge in [0.05, 0.1) is 18.8 Å². The van der Waals surface area contributed by atoms with Crippen LogP contribution in [-0.2, 0) is 28.5 Å². The van der Waals surface area contributed by atoms with E-state index in [0.717, 1.165) is 28.9 Å². The summed E-state index contributed by atoms with van der Waals surface area (Å²) in [6.45, 7) is 5.67. The molecule has 5 rings (SSSR count). The summed E-state index contributed by atoms with van der Waals surface area (Å²) in [6, 6.07) is 18.4. The van der Waals surface area contributed by atoms with Gasteiger partial charge in [0.15, 0.2) is 0 Å². The largest absolute Gasteiger partial charge is 0.416 e. The minimum absolute atomic E-state index is 0.0373. The van der Waals surface area contributed by atoms with E-state index in [2.05, 4.69) is 15.3 Å². The average Bonchev–Trinajstić information content (AvgIpc) is 3.01. The second kappa shape index (κ2) is 13.5. The third-order valence-corrected chi connectivity index (χ3v) is 7.60. The van der Waals surface area contributed by atoms with Crippen molar-refractivity contribution in [3.63, 3.8) is 0 Å². The molecule has 0 saturated carbocycles. The van der Waals surface area contributed by atoms with Crippen LogP contribution in [0.15, 0.2) is 72.9 Å². The molecular weight excluding hydrogens is 583 g/mol. The van der Waals surface area contributed by atoms with E-state index in [4.69, 9.17) is 4.74 Å². The van der Waals surface area contributed by atoms with E-state index in [1.165, 1.54) is 0 Å². The lowest BCUT2D eigenvalue weighted by Gasteiger charge is -2.27. The molecule has 0 unspecified atom stereocenters. The maximum Gasteiger partial charge on any atom is 0.416 e. The summed E-state index contributed by atoms with van der Waals surface area (Å²) in [5, 5.41) is 3.20. The Bertz CT molecular complexity index is 1690. The number of ketones is 1. The molecule has 4 aromatic rings. The number of hydrogen-bond donors (Lipinski definition) is 1. The molecule has 1 aliphatic rings. The number of nitrogens with one attached hydrogen (secondary N) is 1. The number of hydrogen-bond acceptors (Lipinski definition) is 7. The second-order valence-electron chi connectivity index (χ2n) is 11.1. The predicted molar refractivity (Wildman–Crippen MR) is 166 cm³/mol. The molecule has 11 heteroatoms. The minimum atomic E-state index is -4.46. The number of halogens is 3. The van der Waals surface area contributed by atoms with Crippen LogP contribution in [0.25, 0.3) is 0 Å². The van der Waals surface area contributed by atoms with Gasteiger partial charge >= 0.3 is 6.18 Å². The summed E-state index contributed by atoms with van der Waals surface area (Å²) in [5.74, 6) is 0.769. The molecule has 0 bridgehead atoms. The molecule has 8 nitrogen and oxygen atoms in total. The van der Waals surface area contributed by atoms with Crippen LogP contribution >= 0.6 is 0 Å². The molecule has 0 spiro atoms. The van der Waals surface area contributed by atoms with Gasteiger partial charge in [-0.05, 0) is 73.0 Å². The summed E-state index contributed by atoms with van der Waals surface area (Å²) in [4.78, 5) is 38.4. The minimum Gasteiger partial charge on any atom is -0.378 e. The molecule has 45 heavy (non-hydrogen) atoms. The molecule has 1 saturated heterocycles. The molecule has 0 radical (unpaired) electrons. The lowest BCUT2D eigenvalue weighted by Crippen LogP contribution is -2.40. The van der Waals surface area contributed by atoms with Gasteiger partial charge in [-0.15, -0.1) is 0 Å². The number of aromatic nitrogens is 2. The third kappa shape index (κ3) is 8.04. The number of alkyl halides is 3. The summed E-state index contributed by atoms with van der Waals surface area (Å²) >= 11 is 0. The molecule has 1 amide bonds. The van der Waals surface area contributed by atoms with Crippen LogP contribution in [0.2, 0.25) is 0 Å². The Hall–Kier alpha value is -4.77. The number of nitrogens with zero attached hydrogens (tertiary/aromatic N) is 4. The first kappa shape index (κ1) is 31.6. The first-order chi connectivity index (χ1) is 21.5. The van der Waals surface area contributed by atoms with Crippen LogP contribution in [-0.4, -0.2) is 59.9 Å². The number of carbonyl (C=O) groups is 2. The Kier molecular flexibility index (Phi) is 9.48. The van der Waals surface area contributed by atoms with Gasteiger partial charge in [0.2, 0.25) is 5.95 Å². The van der Waals surface area contributed by atoms with Crippen molar-refractivity contribution in [2.75, 3.05) is 43.6 Å². The molecule has 0 aliphatic carbocycles. The van der Waals surface area contributed by atoms with Gasteiger partial charge in [-0.25, -0.2) is 4.98 Å². The fourth-order valence-corrected chi connectivity index (χ4v) is 5.21. The van der Waals surface area contributed by atoms with E-state index in [0.29, 0.717) is 60.4 Å². The van der Waals surface area contributed by atoms with E-state index in [9.17, 15) is 22.8 Å². The first-order valence-corrected chi connectivity index (χ1v) is 14.6. The highest BCUT2D eigenvalue weighted by atomic mass is 19.4. The van der Waals surface area contributed by atoms with Gasteiger partial charge in [0.1, 0.15) is 11.6 Å². The highest BCUT2D eigenvalue weighted by molar-refractivity contribution is 5.96. The number of rotatable bonds is 9. The highest BCUT2D eigenvalue weighted by Gasteiger charge is 2.31. The lowest BCUT2D eigenvalue weighted by atomic mass is 9.99. The van der Waals surface area contributed by atoms with E-state index in [1.54, 1.807) is 36.2 Å². The Morgan fingerprint density at radius 2 is 1.64 bits per heavy atom. The Morgan fingerprint density at radius 1 is 0.933 bits per heavy atom. The van der Waals surface area contributed by atoms with Crippen molar-refractivity contribution in [3.05, 3.63) is 106 Å². The quantitative estimate of drug-likeness (QED) is 0.231. The van der Waals surface area contributed by atoms with E-state index in [-0.39, 0.29) is 24.5 Å². The van der Waals surface area contributed by atoms with Gasteiger partial charge < -0.3 is 19.9 Å². The Balaban J connectivity index is 1.23. The Labute approximate surface area is 259 Å². The van der Waals surface area contributed by atoms with Crippen LogP contribution in [0.1, 0.15) is 38.2 Å². The number of benzene rings is 3. The van der Waals surface area contributed by atoms with Crippen molar-refractivity contribution in [2.45, 2.75) is 32.9 Å². The van der Waals surface area contributed by atoms with Crippen LogP contribution in [0.4, 0.5) is 36.3 Å². The van der Waals surface area contributed by atoms with Crippen LogP contribution in [0.5, 0.6) is 0 Å². The maximum absolute atomic E-state index is 13.2. The molecule has 1 N–H and O–H groups in total. The second-order valence-corrected chi connectivity index (χ2v) is 11.1. The first-order valence-electron chi connectivity index (χ1n) is 14.6. The third-order valence-electron chi connectivity index (χ3n) is 7.60. The predicted octanol–water partition coefficient (Wildman–Crippen LogP) is 6.45. The van der Waals surface area contributed by atoms with Crippen LogP contribution < -0.4 is 10.2 Å². The standard InChI is InChI=1S/C34H34F3N5O3/c1-22-16-25(18-26(17-22)34(35,36)37)20-29(43)19-24-5-8-28(9-6-24)41(3)31-10-11-38-33(40-31)39-27-7-4-23(2)30(21-27)32(44)42-12-14-45-15-13-42/h4-11,16-18,21H,12-15,19-20H2,1-3H3,(H,38,39,40). The highest BCUT2D eigenvalue weighted by Crippen LogP contribution is 2.31. The van der Waals surface area contributed by atoms with Crippen molar-refractivity contribution < 1.29 is 27.5 Å². The zero-order valence-electron chi connectivity index (χ0n) is 25.3. The summed E-state index contributed by atoms with van der Waals surface area (Å²) in [5.41, 5.74) is 3.81. The zero-order valence-corrected chi connectivity index (χ0v) is 25.3. The van der Waals surface area contributed by atoms with Crippen molar-refractivity contribution >= 4 is 34.8 Å². The number of amides is 1. The van der Waals surface area contributed by atoms with Gasteiger partial charge in [-0.1, -0.05) is 29.8 Å². The van der Waals surface area contributed by atoms with Crippen LogP contribution in [0.3, 0.4) is 0 Å². The molecule has 1 fully saturated rings. The molecule has 1 aromatic heterocycles. The summed E-state index contributed by atoms with van der Waals surface area (Å²) in [6.07, 6.45) is -2.79. The van der Waals surface area contributed by atoms with Crippen LogP contribution in [0, 0.1) is 13.8 Å². The van der Waals surface area contributed by atoms with E-state index < -0.39 is 11.7 Å². The smallest absolute Gasteiger partial charge is 0.378 e. The number of anilines is 4. The fourth-order valence-electron chi connectivity index (χ4n) is 5.21. The average molecular weight is 618 g/mol. The number of Topliss-reactive ketones (excluding diaryl/α,β-unsaturated/α-hetero) is 1. The summed E-state index contributed by atoms with van der Waals surface area (Å²) in [7, 11) is 1.85. The van der Waals surface area contributed by atoms with Crippen molar-refractivity contribution in [3.8, 4) is 0 Å². The molecular formula is C34H34F3N5O3. The van der Waals surface area contributed by atoms with Gasteiger partial charge in [-0.3, -0.25) is 9.59 Å². The monoisotopic (exact) mass is 617 g/mol. The SMILES string of the molecule is Cc1cc(CC(=O)Cc2ccc(N(C)c3ccnc(Nc4ccc(C)c(C(=O)N5CCOCC5)c4)n3)cc2)cc(C(F)(F)F)c1. The molecule has 3 aromatic carbocycles. The van der Waals surface area contributed by atoms with Gasteiger partial charge in [0, 0.05) is 56.1 Å².